The first kappa shape index (κ1) is 14.0. The van der Waals surface area contributed by atoms with Crippen LogP contribution < -0.4 is 0 Å². The second-order valence-electron chi connectivity index (χ2n) is 3.73. The molecular formula is C11H17NO4S. The molecule has 0 atom stereocenters. The lowest BCUT2D eigenvalue weighted by molar-refractivity contribution is 0.215. The van der Waals surface area contributed by atoms with Gasteiger partial charge in [0.2, 0.25) is 10.0 Å². The molecule has 0 amide bonds. The van der Waals surface area contributed by atoms with Gasteiger partial charge in [-0.3, -0.25) is 0 Å². The summed E-state index contributed by atoms with van der Waals surface area (Å²) in [6.45, 7) is 0.467. The Morgan fingerprint density at radius 2 is 1.88 bits per heavy atom. The number of methoxy groups -OCH3 is 1. The topological polar surface area (TPSA) is 66.8 Å². The molecule has 96 valence electrons. The van der Waals surface area contributed by atoms with E-state index in [0.29, 0.717) is 0 Å². The quantitative estimate of drug-likeness (QED) is 0.820. The summed E-state index contributed by atoms with van der Waals surface area (Å²) in [6, 6.07) is 6.45. The first-order valence-corrected chi connectivity index (χ1v) is 6.77. The van der Waals surface area contributed by atoms with Crippen molar-refractivity contribution >= 4 is 10.0 Å². The molecule has 0 radical (unpaired) electrons. The Hall–Kier alpha value is -1.11. The van der Waals surface area contributed by atoms with Crippen LogP contribution in [-0.2, 0) is 21.3 Å². The fraction of sp³-hybridized carbons (Fsp3) is 0.455. The molecule has 1 aromatic rings. The van der Waals surface area contributed by atoms with Crippen molar-refractivity contribution in [1.29, 1.82) is 0 Å². The fourth-order valence-electron chi connectivity index (χ4n) is 1.30. The Labute approximate surface area is 102 Å². The monoisotopic (exact) mass is 259 g/mol. The highest BCUT2D eigenvalue weighted by molar-refractivity contribution is 7.89. The van der Waals surface area contributed by atoms with Crippen LogP contribution in [0.1, 0.15) is 5.56 Å². The summed E-state index contributed by atoms with van der Waals surface area (Å²) in [7, 11) is -0.292. The summed E-state index contributed by atoms with van der Waals surface area (Å²) in [5.74, 6) is 0.136. The van der Waals surface area contributed by atoms with E-state index in [1.807, 2.05) is 0 Å². The molecule has 0 aliphatic heterocycles. The van der Waals surface area contributed by atoms with Crippen LogP contribution in [0.2, 0.25) is 0 Å². The van der Waals surface area contributed by atoms with Crippen LogP contribution in [-0.4, -0.2) is 44.3 Å². The normalized spacial score (nSPS) is 11.9. The maximum atomic E-state index is 11.8. The van der Waals surface area contributed by atoms with E-state index in [2.05, 4.69) is 0 Å². The van der Waals surface area contributed by atoms with E-state index in [1.54, 1.807) is 12.1 Å². The van der Waals surface area contributed by atoms with Gasteiger partial charge in [0.25, 0.3) is 0 Å². The molecule has 17 heavy (non-hydrogen) atoms. The average molecular weight is 259 g/mol. The zero-order valence-electron chi connectivity index (χ0n) is 9.96. The molecule has 1 aromatic carbocycles. The van der Waals surface area contributed by atoms with Gasteiger partial charge in [-0.2, -0.15) is 0 Å². The zero-order valence-corrected chi connectivity index (χ0v) is 10.8. The van der Waals surface area contributed by atoms with Crippen molar-refractivity contribution in [2.45, 2.75) is 6.54 Å². The van der Waals surface area contributed by atoms with Gasteiger partial charge in [0.15, 0.2) is 0 Å². The number of hydrogen-bond acceptors (Lipinski definition) is 4. The minimum Gasteiger partial charge on any atom is -0.508 e. The van der Waals surface area contributed by atoms with Crippen molar-refractivity contribution in [3.8, 4) is 5.75 Å². The summed E-state index contributed by atoms with van der Waals surface area (Å²) in [5.41, 5.74) is 0.825. The van der Waals surface area contributed by atoms with Gasteiger partial charge in [-0.1, -0.05) is 12.1 Å². The molecule has 0 aromatic heterocycles. The molecule has 0 saturated heterocycles. The van der Waals surface area contributed by atoms with Gasteiger partial charge in [0.1, 0.15) is 5.75 Å². The van der Waals surface area contributed by atoms with Crippen LogP contribution in [0.3, 0.4) is 0 Å². The lowest BCUT2D eigenvalue weighted by atomic mass is 10.2. The predicted molar refractivity (Wildman–Crippen MR) is 65.2 cm³/mol. The third kappa shape index (κ3) is 4.33. The lowest BCUT2D eigenvalue weighted by Crippen LogP contribution is -2.30. The average Bonchev–Trinajstić information content (AvgIpc) is 2.29. The van der Waals surface area contributed by atoms with Crippen LogP contribution in [0.25, 0.3) is 0 Å². The van der Waals surface area contributed by atoms with Crippen molar-refractivity contribution in [2.75, 3.05) is 26.5 Å². The van der Waals surface area contributed by atoms with Crippen LogP contribution >= 0.6 is 0 Å². The smallest absolute Gasteiger partial charge is 0.216 e. The SMILES string of the molecule is COCCS(=O)(=O)N(C)Cc1ccc(O)cc1. The maximum absolute atomic E-state index is 11.8. The number of nitrogens with zero attached hydrogens (tertiary/aromatic N) is 1. The van der Waals surface area contributed by atoms with E-state index in [9.17, 15) is 8.42 Å². The third-order valence-corrected chi connectivity index (χ3v) is 4.12. The molecule has 1 N–H and O–H groups in total. The van der Waals surface area contributed by atoms with E-state index in [4.69, 9.17) is 9.84 Å². The van der Waals surface area contributed by atoms with Crippen LogP contribution in [0, 0.1) is 0 Å². The van der Waals surface area contributed by atoms with Crippen LogP contribution in [0.5, 0.6) is 5.75 Å². The minimum atomic E-state index is -3.28. The Morgan fingerprint density at radius 1 is 1.29 bits per heavy atom. The Bertz CT molecular complexity index is 441. The second kappa shape index (κ2) is 6.00. The van der Waals surface area contributed by atoms with Crippen molar-refractivity contribution in [3.63, 3.8) is 0 Å². The van der Waals surface area contributed by atoms with Gasteiger partial charge in [-0.05, 0) is 17.7 Å². The summed E-state index contributed by atoms with van der Waals surface area (Å²) in [5, 5.41) is 9.12. The van der Waals surface area contributed by atoms with Crippen molar-refractivity contribution < 1.29 is 18.3 Å². The van der Waals surface area contributed by atoms with Crippen molar-refractivity contribution in [3.05, 3.63) is 29.8 Å². The second-order valence-corrected chi connectivity index (χ2v) is 5.93. The Balaban J connectivity index is 2.65. The van der Waals surface area contributed by atoms with Gasteiger partial charge in [0.05, 0.1) is 12.4 Å². The third-order valence-electron chi connectivity index (χ3n) is 2.36. The van der Waals surface area contributed by atoms with E-state index < -0.39 is 10.0 Å². The number of phenols is 1. The largest absolute Gasteiger partial charge is 0.508 e. The molecule has 0 aliphatic carbocycles. The molecular weight excluding hydrogens is 242 g/mol. The Kier molecular flexibility index (Phi) is 4.92. The van der Waals surface area contributed by atoms with E-state index >= 15 is 0 Å². The first-order chi connectivity index (χ1) is 7.95. The predicted octanol–water partition coefficient (Wildman–Crippen LogP) is 0.800. The summed E-state index contributed by atoms with van der Waals surface area (Å²) >= 11 is 0. The highest BCUT2D eigenvalue weighted by atomic mass is 32.2. The molecule has 5 nitrogen and oxygen atoms in total. The van der Waals surface area contributed by atoms with Crippen LogP contribution in [0.4, 0.5) is 0 Å². The standard InChI is InChI=1S/C11H17NO4S/c1-12(17(14,15)8-7-16-2)9-10-3-5-11(13)6-4-10/h3-6,13H,7-9H2,1-2H3. The van der Waals surface area contributed by atoms with E-state index in [1.165, 1.54) is 30.6 Å². The fourth-order valence-corrected chi connectivity index (χ4v) is 2.34. The molecule has 1 rings (SSSR count). The van der Waals surface area contributed by atoms with Gasteiger partial charge >= 0.3 is 0 Å². The molecule has 0 heterocycles. The maximum Gasteiger partial charge on any atom is 0.216 e. The van der Waals surface area contributed by atoms with Gasteiger partial charge in [0, 0.05) is 20.7 Å². The molecule has 0 unspecified atom stereocenters. The molecule has 6 heteroatoms. The first-order valence-electron chi connectivity index (χ1n) is 5.16. The van der Waals surface area contributed by atoms with Crippen molar-refractivity contribution in [2.24, 2.45) is 0 Å². The molecule has 0 spiro atoms. The van der Waals surface area contributed by atoms with E-state index in [0.717, 1.165) is 5.56 Å². The number of sulfonamides is 1. The summed E-state index contributed by atoms with van der Waals surface area (Å²) < 4.78 is 29.5. The number of aromatic hydroxyl groups is 1. The van der Waals surface area contributed by atoms with Crippen molar-refractivity contribution in [1.82, 2.24) is 4.31 Å². The number of ether oxygens (including phenoxy) is 1. The van der Waals surface area contributed by atoms with Gasteiger partial charge in [-0.15, -0.1) is 0 Å². The molecule has 0 aliphatic rings. The summed E-state index contributed by atoms with van der Waals surface area (Å²) in [4.78, 5) is 0. The van der Waals surface area contributed by atoms with E-state index in [-0.39, 0.29) is 24.7 Å². The molecule has 0 fully saturated rings. The van der Waals surface area contributed by atoms with Gasteiger partial charge < -0.3 is 9.84 Å². The Morgan fingerprint density at radius 3 is 2.41 bits per heavy atom. The number of benzene rings is 1. The molecule has 0 bridgehead atoms. The summed E-state index contributed by atoms with van der Waals surface area (Å²) in [6.07, 6.45) is 0. The molecule has 0 saturated carbocycles. The minimum absolute atomic E-state index is 0.0297. The lowest BCUT2D eigenvalue weighted by Gasteiger charge is -2.16. The number of phenolic OH excluding ortho intramolecular Hbond substituents is 1. The number of rotatable bonds is 6. The highest BCUT2D eigenvalue weighted by Crippen LogP contribution is 2.12. The zero-order chi connectivity index (χ0) is 12.9. The van der Waals surface area contributed by atoms with Gasteiger partial charge in [-0.25, -0.2) is 12.7 Å². The highest BCUT2D eigenvalue weighted by Gasteiger charge is 2.17. The van der Waals surface area contributed by atoms with Crippen LogP contribution in [0.15, 0.2) is 24.3 Å². The number of hydrogen-bond donors (Lipinski definition) is 1.